The molecule has 0 spiro atoms. The number of piperidine rings is 1. The van der Waals surface area contributed by atoms with Gasteiger partial charge in [-0.3, -0.25) is 4.79 Å². The van der Waals surface area contributed by atoms with E-state index in [0.717, 1.165) is 47.7 Å². The molecule has 1 aliphatic rings. The van der Waals surface area contributed by atoms with E-state index < -0.39 is 0 Å². The van der Waals surface area contributed by atoms with Gasteiger partial charge in [0.25, 0.3) is 0 Å². The van der Waals surface area contributed by atoms with Crippen LogP contribution in [0.5, 0.6) is 0 Å². The van der Waals surface area contributed by atoms with E-state index in [1.807, 2.05) is 6.92 Å². The highest BCUT2D eigenvalue weighted by atomic mass is 32.1. The van der Waals surface area contributed by atoms with Crippen LogP contribution in [0.2, 0.25) is 0 Å². The lowest BCUT2D eigenvalue weighted by Crippen LogP contribution is -2.37. The fraction of sp³-hybridized carbons (Fsp3) is 0.474. The van der Waals surface area contributed by atoms with Crippen LogP contribution in [0.25, 0.3) is 10.2 Å². The van der Waals surface area contributed by atoms with Crippen LogP contribution in [0.4, 0.5) is 5.82 Å². The van der Waals surface area contributed by atoms with E-state index in [9.17, 15) is 4.79 Å². The number of rotatable bonds is 4. The van der Waals surface area contributed by atoms with E-state index in [4.69, 9.17) is 9.26 Å². The number of fused-ring (bicyclic) bond motifs is 1. The van der Waals surface area contributed by atoms with Crippen molar-refractivity contribution < 1.29 is 14.1 Å². The van der Waals surface area contributed by atoms with Gasteiger partial charge in [0.15, 0.2) is 12.4 Å². The monoisotopic (exact) mass is 386 g/mol. The molecule has 0 amide bonds. The van der Waals surface area contributed by atoms with Crippen molar-refractivity contribution in [3.63, 3.8) is 0 Å². The third-order valence-corrected chi connectivity index (χ3v) is 6.22. The van der Waals surface area contributed by atoms with E-state index in [-0.39, 0.29) is 18.5 Å². The van der Waals surface area contributed by atoms with Gasteiger partial charge in [0.2, 0.25) is 0 Å². The minimum Gasteiger partial charge on any atom is -0.457 e. The molecular formula is C19H22N4O3S. The van der Waals surface area contributed by atoms with Crippen LogP contribution in [0.1, 0.15) is 34.7 Å². The molecule has 1 fully saturated rings. The minimum atomic E-state index is -0.168. The Hall–Kier alpha value is -2.48. The van der Waals surface area contributed by atoms with Gasteiger partial charge < -0.3 is 14.2 Å². The SMILES string of the molecule is Cc1cc(COC(=O)C2CCN(c3ncnc4sc(C)c(C)c34)CC2)on1. The standard InChI is InChI=1S/C19H22N4O3S/c1-11-8-15(26-22-11)9-25-19(24)14-4-6-23(7-5-14)17-16-12(2)13(3)27-18(16)21-10-20-17/h8,10,14H,4-7,9H2,1-3H3. The fourth-order valence-corrected chi connectivity index (χ4v) is 4.47. The van der Waals surface area contributed by atoms with Crippen LogP contribution in [-0.2, 0) is 16.1 Å². The van der Waals surface area contributed by atoms with Gasteiger partial charge in [0.1, 0.15) is 17.0 Å². The summed E-state index contributed by atoms with van der Waals surface area (Å²) in [5.74, 6) is 1.29. The maximum Gasteiger partial charge on any atom is 0.309 e. The summed E-state index contributed by atoms with van der Waals surface area (Å²) in [6.45, 7) is 7.77. The first-order valence-corrected chi connectivity index (χ1v) is 9.89. The molecule has 1 aliphatic heterocycles. The average molecular weight is 386 g/mol. The molecule has 0 aliphatic carbocycles. The number of carbonyl (C=O) groups excluding carboxylic acids is 1. The first-order valence-electron chi connectivity index (χ1n) is 9.07. The fourth-order valence-electron chi connectivity index (χ4n) is 3.48. The molecule has 0 N–H and O–H groups in total. The number of carbonyl (C=O) groups is 1. The Kier molecular flexibility index (Phi) is 4.82. The number of anilines is 1. The molecule has 1 saturated heterocycles. The van der Waals surface area contributed by atoms with Gasteiger partial charge >= 0.3 is 5.97 Å². The van der Waals surface area contributed by atoms with Crippen LogP contribution in [0.3, 0.4) is 0 Å². The van der Waals surface area contributed by atoms with Crippen molar-refractivity contribution >= 4 is 33.3 Å². The maximum atomic E-state index is 12.4. The van der Waals surface area contributed by atoms with E-state index >= 15 is 0 Å². The Bertz CT molecular complexity index is 973. The zero-order chi connectivity index (χ0) is 19.0. The molecule has 0 atom stereocenters. The van der Waals surface area contributed by atoms with E-state index in [1.54, 1.807) is 23.7 Å². The largest absolute Gasteiger partial charge is 0.457 e. The van der Waals surface area contributed by atoms with Crippen LogP contribution >= 0.6 is 11.3 Å². The van der Waals surface area contributed by atoms with Gasteiger partial charge in [0.05, 0.1) is 17.0 Å². The van der Waals surface area contributed by atoms with E-state index in [2.05, 4.69) is 33.9 Å². The van der Waals surface area contributed by atoms with Gasteiger partial charge in [-0.05, 0) is 39.2 Å². The van der Waals surface area contributed by atoms with E-state index in [1.165, 1.54) is 10.4 Å². The smallest absolute Gasteiger partial charge is 0.309 e. The molecule has 0 radical (unpaired) electrons. The molecule has 27 heavy (non-hydrogen) atoms. The first-order chi connectivity index (χ1) is 13.0. The van der Waals surface area contributed by atoms with Crippen molar-refractivity contribution in [2.75, 3.05) is 18.0 Å². The number of esters is 1. The number of nitrogens with zero attached hydrogens (tertiary/aromatic N) is 4. The number of ether oxygens (including phenoxy) is 1. The summed E-state index contributed by atoms with van der Waals surface area (Å²) in [6, 6.07) is 1.78. The molecule has 0 aromatic carbocycles. The van der Waals surface area contributed by atoms with Gasteiger partial charge in [-0.25, -0.2) is 9.97 Å². The number of hydrogen-bond donors (Lipinski definition) is 0. The van der Waals surface area contributed by atoms with Gasteiger partial charge in [-0.15, -0.1) is 11.3 Å². The highest BCUT2D eigenvalue weighted by Crippen LogP contribution is 2.35. The highest BCUT2D eigenvalue weighted by molar-refractivity contribution is 7.18. The summed E-state index contributed by atoms with van der Waals surface area (Å²) in [5.41, 5.74) is 2.03. The molecule has 4 heterocycles. The van der Waals surface area contributed by atoms with Crippen LogP contribution in [0, 0.1) is 26.7 Å². The van der Waals surface area contributed by atoms with Crippen LogP contribution in [0.15, 0.2) is 16.9 Å². The average Bonchev–Trinajstić information content (AvgIpc) is 3.22. The number of thiophene rings is 1. The molecule has 3 aromatic rings. The summed E-state index contributed by atoms with van der Waals surface area (Å²) in [4.78, 5) is 25.9. The minimum absolute atomic E-state index is 0.0899. The molecule has 8 heteroatoms. The van der Waals surface area contributed by atoms with Gasteiger partial charge in [-0.1, -0.05) is 5.16 Å². The number of hydrogen-bond acceptors (Lipinski definition) is 8. The zero-order valence-corrected chi connectivity index (χ0v) is 16.5. The maximum absolute atomic E-state index is 12.4. The molecule has 0 bridgehead atoms. The Morgan fingerprint density at radius 3 is 2.78 bits per heavy atom. The lowest BCUT2D eigenvalue weighted by molar-refractivity contribution is -0.151. The van der Waals surface area contributed by atoms with Crippen molar-refractivity contribution in [3.05, 3.63) is 34.3 Å². The molecule has 0 saturated carbocycles. The lowest BCUT2D eigenvalue weighted by atomic mass is 9.97. The third kappa shape index (κ3) is 3.53. The molecule has 3 aromatic heterocycles. The second kappa shape index (κ2) is 7.26. The van der Waals surface area contributed by atoms with Gasteiger partial charge in [0, 0.05) is 24.0 Å². The molecule has 7 nitrogen and oxygen atoms in total. The molecule has 4 rings (SSSR count). The molecular weight excluding hydrogens is 364 g/mol. The summed E-state index contributed by atoms with van der Waals surface area (Å²) in [7, 11) is 0. The van der Waals surface area contributed by atoms with Crippen molar-refractivity contribution in [1.29, 1.82) is 0 Å². The van der Waals surface area contributed by atoms with E-state index in [0.29, 0.717) is 5.76 Å². The Labute approximate surface area is 161 Å². The van der Waals surface area contributed by atoms with Gasteiger partial charge in [-0.2, -0.15) is 0 Å². The molecule has 0 unspecified atom stereocenters. The Morgan fingerprint density at radius 2 is 2.07 bits per heavy atom. The molecule has 142 valence electrons. The van der Waals surface area contributed by atoms with Crippen LogP contribution in [-0.4, -0.2) is 34.2 Å². The Morgan fingerprint density at radius 1 is 1.30 bits per heavy atom. The highest BCUT2D eigenvalue weighted by Gasteiger charge is 2.28. The lowest BCUT2D eigenvalue weighted by Gasteiger charge is -2.32. The van der Waals surface area contributed by atoms with Crippen molar-refractivity contribution in [2.24, 2.45) is 5.92 Å². The topological polar surface area (TPSA) is 81.4 Å². The third-order valence-electron chi connectivity index (χ3n) is 5.11. The van der Waals surface area contributed by atoms with Crippen molar-refractivity contribution in [2.45, 2.75) is 40.2 Å². The number of aromatic nitrogens is 3. The van der Waals surface area contributed by atoms with Crippen molar-refractivity contribution in [1.82, 2.24) is 15.1 Å². The summed E-state index contributed by atoms with van der Waals surface area (Å²) >= 11 is 1.70. The Balaban J connectivity index is 1.40. The van der Waals surface area contributed by atoms with Crippen LogP contribution < -0.4 is 4.90 Å². The normalized spacial score (nSPS) is 15.4. The zero-order valence-electron chi connectivity index (χ0n) is 15.7. The summed E-state index contributed by atoms with van der Waals surface area (Å²) in [5, 5.41) is 4.94. The quantitative estimate of drug-likeness (QED) is 0.634. The first kappa shape index (κ1) is 17.9. The second-order valence-electron chi connectivity index (χ2n) is 6.96. The van der Waals surface area contributed by atoms with Crippen molar-refractivity contribution in [3.8, 4) is 0 Å². The predicted molar refractivity (Wildman–Crippen MR) is 103 cm³/mol. The summed E-state index contributed by atoms with van der Waals surface area (Å²) in [6.07, 6.45) is 3.14. The second-order valence-corrected chi connectivity index (χ2v) is 8.17. The number of aryl methyl sites for hydroxylation is 3. The predicted octanol–water partition coefficient (Wildman–Crippen LogP) is 3.56. The summed E-state index contributed by atoms with van der Waals surface area (Å²) < 4.78 is 10.5.